The van der Waals surface area contributed by atoms with Gasteiger partial charge in [-0.3, -0.25) is 4.79 Å². The summed E-state index contributed by atoms with van der Waals surface area (Å²) >= 11 is 5.85. The Bertz CT molecular complexity index is 1200. The second kappa shape index (κ2) is 10.0. The molecule has 1 amide bonds. The van der Waals surface area contributed by atoms with Gasteiger partial charge in [0, 0.05) is 23.7 Å². The number of amides is 1. The molecule has 3 aromatic rings. The van der Waals surface area contributed by atoms with Gasteiger partial charge in [0.05, 0.1) is 17.9 Å². The monoisotopic (exact) mass is 488 g/mol. The Morgan fingerprint density at radius 1 is 1.12 bits per heavy atom. The van der Waals surface area contributed by atoms with Crippen LogP contribution in [0.25, 0.3) is 11.4 Å². The van der Waals surface area contributed by atoms with Gasteiger partial charge < -0.3 is 9.84 Å². The van der Waals surface area contributed by atoms with Crippen LogP contribution in [-0.2, 0) is 27.8 Å². The van der Waals surface area contributed by atoms with E-state index in [9.17, 15) is 13.2 Å². The fourth-order valence-electron chi connectivity index (χ4n) is 3.62. The summed E-state index contributed by atoms with van der Waals surface area (Å²) < 4.78 is 32.5. The second-order valence-corrected chi connectivity index (χ2v) is 10.6. The Labute approximate surface area is 198 Å². The number of nitrogens with zero attached hydrogens (tertiary/aromatic N) is 3. The molecule has 1 fully saturated rings. The Kier molecular flexibility index (Phi) is 7.11. The molecule has 1 aliphatic heterocycles. The van der Waals surface area contributed by atoms with Gasteiger partial charge in [0.25, 0.3) is 0 Å². The third kappa shape index (κ3) is 5.79. The summed E-state index contributed by atoms with van der Waals surface area (Å²) in [6.45, 7) is 3.33. The molecule has 0 unspecified atom stereocenters. The van der Waals surface area contributed by atoms with Gasteiger partial charge in [0.1, 0.15) is 0 Å². The first-order valence-corrected chi connectivity index (χ1v) is 12.6. The van der Waals surface area contributed by atoms with Crippen molar-refractivity contribution >= 4 is 27.5 Å². The maximum atomic E-state index is 12.9. The number of carbonyl (C=O) groups excluding carboxylic acids is 1. The van der Waals surface area contributed by atoms with Crippen LogP contribution in [0.5, 0.6) is 0 Å². The number of hydrogen-bond acceptors (Lipinski definition) is 6. The third-order valence-corrected chi connectivity index (χ3v) is 7.84. The van der Waals surface area contributed by atoms with Crippen molar-refractivity contribution in [2.45, 2.75) is 37.6 Å². The van der Waals surface area contributed by atoms with Gasteiger partial charge in [-0.2, -0.15) is 9.29 Å². The number of hydrogen-bond donors (Lipinski definition) is 1. The van der Waals surface area contributed by atoms with Crippen LogP contribution in [0.2, 0.25) is 5.02 Å². The van der Waals surface area contributed by atoms with Crippen LogP contribution in [0, 0.1) is 5.92 Å². The zero-order valence-corrected chi connectivity index (χ0v) is 19.8. The summed E-state index contributed by atoms with van der Waals surface area (Å²) in [6, 6.07) is 13.5. The van der Waals surface area contributed by atoms with Crippen LogP contribution >= 0.6 is 11.6 Å². The van der Waals surface area contributed by atoms with E-state index >= 15 is 0 Å². The van der Waals surface area contributed by atoms with Gasteiger partial charge in [-0.1, -0.05) is 35.8 Å². The van der Waals surface area contributed by atoms with E-state index in [4.69, 9.17) is 16.1 Å². The predicted octanol–water partition coefficient (Wildman–Crippen LogP) is 3.67. The Morgan fingerprint density at radius 2 is 1.79 bits per heavy atom. The summed E-state index contributed by atoms with van der Waals surface area (Å²) in [4.78, 5) is 16.7. The number of halogens is 1. The zero-order valence-electron chi connectivity index (χ0n) is 18.2. The second-order valence-electron chi connectivity index (χ2n) is 8.20. The first kappa shape index (κ1) is 23.4. The Morgan fingerprint density at radius 3 is 2.45 bits per heavy atom. The molecule has 0 aliphatic carbocycles. The average molecular weight is 489 g/mol. The maximum Gasteiger partial charge on any atom is 0.246 e. The lowest BCUT2D eigenvalue weighted by Crippen LogP contribution is -2.37. The number of nitrogens with one attached hydrogen (secondary N) is 1. The minimum atomic E-state index is -3.51. The molecule has 1 N–H and O–H groups in total. The Hall–Kier alpha value is -2.75. The van der Waals surface area contributed by atoms with Crippen molar-refractivity contribution in [3.05, 3.63) is 65.0 Å². The van der Waals surface area contributed by atoms with Gasteiger partial charge in [0.15, 0.2) is 0 Å². The van der Waals surface area contributed by atoms with Crippen LogP contribution in [0.3, 0.4) is 0 Å². The SMILES string of the molecule is CC1CCN(S(=O)(=O)c2ccc(-c3noc(CNC(=O)Cc4ccc(Cl)cc4)n3)cc2)CC1. The molecule has 0 atom stereocenters. The number of aromatic nitrogens is 2. The number of rotatable bonds is 7. The normalized spacial score (nSPS) is 15.5. The van der Waals surface area contributed by atoms with E-state index in [2.05, 4.69) is 22.4 Å². The van der Waals surface area contributed by atoms with E-state index in [1.165, 1.54) is 0 Å². The number of carbonyl (C=O) groups is 1. The summed E-state index contributed by atoms with van der Waals surface area (Å²) in [6.07, 6.45) is 1.96. The Balaban J connectivity index is 1.35. The molecule has 0 saturated carbocycles. The summed E-state index contributed by atoms with van der Waals surface area (Å²) in [7, 11) is -3.51. The van der Waals surface area contributed by atoms with Crippen molar-refractivity contribution in [2.24, 2.45) is 5.92 Å². The number of benzene rings is 2. The van der Waals surface area contributed by atoms with Crippen molar-refractivity contribution in [1.82, 2.24) is 19.8 Å². The standard InChI is InChI=1S/C23H25ClN4O4S/c1-16-10-12-28(13-11-16)33(30,31)20-8-4-18(5-9-20)23-26-22(32-27-23)15-25-21(29)14-17-2-6-19(24)7-3-17/h2-9,16H,10-15H2,1H3,(H,25,29). The van der Waals surface area contributed by atoms with Crippen LogP contribution in [0.15, 0.2) is 57.9 Å². The topological polar surface area (TPSA) is 105 Å². The molecule has 8 nitrogen and oxygen atoms in total. The molecular weight excluding hydrogens is 464 g/mol. The molecule has 10 heteroatoms. The van der Waals surface area contributed by atoms with Crippen molar-refractivity contribution in [2.75, 3.05) is 13.1 Å². The summed E-state index contributed by atoms with van der Waals surface area (Å²) in [5.74, 6) is 0.952. The van der Waals surface area contributed by atoms with Gasteiger partial charge in [-0.15, -0.1) is 0 Å². The molecule has 1 aliphatic rings. The van der Waals surface area contributed by atoms with Gasteiger partial charge >= 0.3 is 0 Å². The van der Waals surface area contributed by atoms with Crippen LogP contribution < -0.4 is 5.32 Å². The smallest absolute Gasteiger partial charge is 0.246 e. The molecule has 0 bridgehead atoms. The molecule has 33 heavy (non-hydrogen) atoms. The molecular formula is C23H25ClN4O4S. The fourth-order valence-corrected chi connectivity index (χ4v) is 5.21. The van der Waals surface area contributed by atoms with E-state index in [1.807, 2.05) is 0 Å². The largest absolute Gasteiger partial charge is 0.347 e. The maximum absolute atomic E-state index is 12.9. The molecule has 2 heterocycles. The molecule has 1 saturated heterocycles. The predicted molar refractivity (Wildman–Crippen MR) is 124 cm³/mol. The average Bonchev–Trinajstić information content (AvgIpc) is 3.29. The van der Waals surface area contributed by atoms with Crippen molar-refractivity contribution in [3.8, 4) is 11.4 Å². The highest BCUT2D eigenvalue weighted by Crippen LogP contribution is 2.25. The number of piperidine rings is 1. The lowest BCUT2D eigenvalue weighted by atomic mass is 10.0. The van der Waals surface area contributed by atoms with Crippen LogP contribution in [0.4, 0.5) is 0 Å². The third-order valence-electron chi connectivity index (χ3n) is 5.68. The quantitative estimate of drug-likeness (QED) is 0.544. The van der Waals surface area contributed by atoms with Crippen LogP contribution in [0.1, 0.15) is 31.2 Å². The summed E-state index contributed by atoms with van der Waals surface area (Å²) in [5, 5.41) is 7.29. The van der Waals surface area contributed by atoms with Gasteiger partial charge in [-0.05, 0) is 60.7 Å². The minimum Gasteiger partial charge on any atom is -0.347 e. The lowest BCUT2D eigenvalue weighted by Gasteiger charge is -2.29. The molecule has 2 aromatic carbocycles. The van der Waals surface area contributed by atoms with Gasteiger partial charge in [-0.25, -0.2) is 8.42 Å². The first-order valence-electron chi connectivity index (χ1n) is 10.8. The van der Waals surface area contributed by atoms with Crippen molar-refractivity contribution < 1.29 is 17.7 Å². The van der Waals surface area contributed by atoms with E-state index < -0.39 is 10.0 Å². The van der Waals surface area contributed by atoms with E-state index in [0.29, 0.717) is 35.4 Å². The van der Waals surface area contributed by atoms with Crippen molar-refractivity contribution in [3.63, 3.8) is 0 Å². The molecule has 4 rings (SSSR count). The van der Waals surface area contributed by atoms with E-state index in [1.54, 1.807) is 52.8 Å². The highest BCUT2D eigenvalue weighted by molar-refractivity contribution is 7.89. The minimum absolute atomic E-state index is 0.0965. The zero-order chi connectivity index (χ0) is 23.4. The fraction of sp³-hybridized carbons (Fsp3) is 0.348. The van der Waals surface area contributed by atoms with Gasteiger partial charge in [0.2, 0.25) is 27.6 Å². The van der Waals surface area contributed by atoms with E-state index in [-0.39, 0.29) is 29.7 Å². The summed E-state index contributed by atoms with van der Waals surface area (Å²) in [5.41, 5.74) is 1.47. The lowest BCUT2D eigenvalue weighted by molar-refractivity contribution is -0.120. The number of sulfonamides is 1. The van der Waals surface area contributed by atoms with Crippen molar-refractivity contribution in [1.29, 1.82) is 0 Å². The first-order chi connectivity index (χ1) is 15.8. The van der Waals surface area contributed by atoms with Crippen LogP contribution in [-0.4, -0.2) is 41.9 Å². The molecule has 0 spiro atoms. The van der Waals surface area contributed by atoms with E-state index in [0.717, 1.165) is 18.4 Å². The molecule has 0 radical (unpaired) electrons. The highest BCUT2D eigenvalue weighted by atomic mass is 35.5. The highest BCUT2D eigenvalue weighted by Gasteiger charge is 2.28. The molecule has 174 valence electrons. The molecule has 1 aromatic heterocycles.